The van der Waals surface area contributed by atoms with Crippen molar-refractivity contribution in [1.29, 1.82) is 0 Å². The molecule has 0 aromatic heterocycles. The number of Topliss-reactive ketones (excluding diaryl/α,β-unsaturated/α-hetero) is 1. The van der Waals surface area contributed by atoms with Crippen LogP contribution in [0.2, 0.25) is 5.02 Å². The quantitative estimate of drug-likeness (QED) is 0.561. The molecule has 5 rings (SSSR count). The summed E-state index contributed by atoms with van der Waals surface area (Å²) in [6.45, 7) is 2.42. The molecule has 2 saturated heterocycles. The zero-order chi connectivity index (χ0) is 23.8. The molecule has 0 N–H and O–H groups in total. The number of piperidine rings is 1. The van der Waals surface area contributed by atoms with Gasteiger partial charge < -0.3 is 19.3 Å². The van der Waals surface area contributed by atoms with Gasteiger partial charge in [-0.05, 0) is 81.1 Å². The monoisotopic (exact) mass is 482 g/mol. The van der Waals surface area contributed by atoms with Crippen LogP contribution in [0.15, 0.2) is 36.4 Å². The lowest BCUT2D eigenvalue weighted by Crippen LogP contribution is -2.43. The molecule has 0 spiro atoms. The van der Waals surface area contributed by atoms with Crippen LogP contribution in [0.25, 0.3) is 0 Å². The molecular formula is C27H31ClN2O4. The highest BCUT2D eigenvalue weighted by molar-refractivity contribution is 6.32. The van der Waals surface area contributed by atoms with Gasteiger partial charge in [-0.15, -0.1) is 0 Å². The third kappa shape index (κ3) is 4.53. The second-order valence-electron chi connectivity index (χ2n) is 9.58. The molecule has 0 aliphatic carbocycles. The van der Waals surface area contributed by atoms with Gasteiger partial charge in [0.05, 0.1) is 5.02 Å². The summed E-state index contributed by atoms with van der Waals surface area (Å²) in [6, 6.07) is 12.2. The highest BCUT2D eigenvalue weighted by atomic mass is 35.5. The number of hydrogen-bond donors (Lipinski definition) is 0. The van der Waals surface area contributed by atoms with Crippen LogP contribution < -0.4 is 14.4 Å². The van der Waals surface area contributed by atoms with Crippen molar-refractivity contribution in [3.8, 4) is 11.5 Å². The lowest BCUT2D eigenvalue weighted by molar-refractivity contribution is -0.120. The minimum atomic E-state index is -0.0611. The zero-order valence-corrected chi connectivity index (χ0v) is 20.5. The minimum Gasteiger partial charge on any atom is -0.489 e. The van der Waals surface area contributed by atoms with E-state index in [-0.39, 0.29) is 24.4 Å². The molecule has 2 aromatic rings. The summed E-state index contributed by atoms with van der Waals surface area (Å²) in [5.41, 5.74) is 2.36. The molecule has 7 heteroatoms. The smallest absolute Gasteiger partial charge is 0.258 e. The fourth-order valence-electron chi connectivity index (χ4n) is 5.46. The molecule has 1 amide bonds. The second kappa shape index (κ2) is 9.59. The number of nitrogens with zero attached hydrogens (tertiary/aromatic N) is 2. The molecule has 2 aromatic carbocycles. The van der Waals surface area contributed by atoms with E-state index in [1.165, 1.54) is 12.8 Å². The number of amides is 1. The number of ether oxygens (including phenoxy) is 2. The fraction of sp³-hybridized carbons (Fsp3) is 0.481. The Morgan fingerprint density at radius 3 is 2.59 bits per heavy atom. The molecule has 3 aliphatic rings. The molecule has 3 heterocycles. The first kappa shape index (κ1) is 23.2. The van der Waals surface area contributed by atoms with Gasteiger partial charge in [0.25, 0.3) is 5.91 Å². The van der Waals surface area contributed by atoms with Crippen LogP contribution in [0.5, 0.6) is 11.5 Å². The first-order chi connectivity index (χ1) is 16.4. The molecule has 0 saturated carbocycles. The Bertz CT molecular complexity index is 1090. The maximum Gasteiger partial charge on any atom is 0.258 e. The zero-order valence-electron chi connectivity index (χ0n) is 19.8. The number of hydrogen-bond acceptors (Lipinski definition) is 5. The molecule has 6 nitrogen and oxygen atoms in total. The van der Waals surface area contributed by atoms with Crippen molar-refractivity contribution in [1.82, 2.24) is 4.90 Å². The van der Waals surface area contributed by atoms with E-state index < -0.39 is 0 Å². The molecule has 2 bridgehead atoms. The van der Waals surface area contributed by atoms with Gasteiger partial charge in [-0.2, -0.15) is 0 Å². The van der Waals surface area contributed by atoms with Gasteiger partial charge in [-0.25, -0.2) is 0 Å². The molecular weight excluding hydrogens is 452 g/mol. The normalized spacial score (nSPS) is 24.1. The minimum absolute atomic E-state index is 0.0486. The molecule has 0 radical (unpaired) electrons. The number of rotatable bonds is 7. The van der Waals surface area contributed by atoms with Crippen molar-refractivity contribution in [2.75, 3.05) is 25.1 Å². The van der Waals surface area contributed by atoms with Gasteiger partial charge in [0.2, 0.25) is 0 Å². The number of benzene rings is 2. The molecule has 3 aliphatic heterocycles. The van der Waals surface area contributed by atoms with Crippen LogP contribution in [0.4, 0.5) is 5.69 Å². The number of anilines is 1. The third-order valence-electron chi connectivity index (χ3n) is 7.53. The van der Waals surface area contributed by atoms with Crippen LogP contribution in [0, 0.1) is 0 Å². The first-order valence-corrected chi connectivity index (χ1v) is 12.6. The van der Waals surface area contributed by atoms with Gasteiger partial charge in [0.15, 0.2) is 5.78 Å². The Morgan fingerprint density at radius 1 is 1.12 bits per heavy atom. The predicted molar refractivity (Wildman–Crippen MR) is 132 cm³/mol. The van der Waals surface area contributed by atoms with Gasteiger partial charge in [0, 0.05) is 36.3 Å². The van der Waals surface area contributed by atoms with Crippen molar-refractivity contribution in [3.63, 3.8) is 0 Å². The Hall–Kier alpha value is -2.57. The number of carbonyl (C=O) groups excluding carboxylic acids is 2. The van der Waals surface area contributed by atoms with Gasteiger partial charge in [-0.3, -0.25) is 9.59 Å². The van der Waals surface area contributed by atoms with Crippen LogP contribution in [-0.4, -0.2) is 55.0 Å². The number of carbonyl (C=O) groups is 2. The lowest BCUT2D eigenvalue weighted by atomic mass is 9.98. The van der Waals surface area contributed by atoms with Crippen LogP contribution >= 0.6 is 11.6 Å². The van der Waals surface area contributed by atoms with Crippen LogP contribution in [-0.2, 0) is 11.2 Å². The van der Waals surface area contributed by atoms with E-state index in [1.54, 1.807) is 17.0 Å². The third-order valence-corrected chi connectivity index (χ3v) is 7.82. The second-order valence-corrected chi connectivity index (χ2v) is 9.99. The highest BCUT2D eigenvalue weighted by Gasteiger charge is 2.39. The number of ketones is 1. The van der Waals surface area contributed by atoms with Crippen LogP contribution in [0.3, 0.4) is 0 Å². The van der Waals surface area contributed by atoms with Crippen molar-refractivity contribution in [2.45, 2.75) is 63.6 Å². The summed E-state index contributed by atoms with van der Waals surface area (Å²) in [5.74, 6) is 1.29. The van der Waals surface area contributed by atoms with E-state index >= 15 is 0 Å². The topological polar surface area (TPSA) is 59.1 Å². The Kier molecular flexibility index (Phi) is 6.54. The maximum atomic E-state index is 13.2. The summed E-state index contributed by atoms with van der Waals surface area (Å²) in [6.07, 6.45) is 5.89. The molecule has 180 valence electrons. The number of halogens is 1. The maximum absolute atomic E-state index is 13.2. The van der Waals surface area contributed by atoms with E-state index in [4.69, 9.17) is 21.1 Å². The van der Waals surface area contributed by atoms with E-state index in [0.29, 0.717) is 53.6 Å². The van der Waals surface area contributed by atoms with Gasteiger partial charge in [-0.1, -0.05) is 18.5 Å². The van der Waals surface area contributed by atoms with Crippen molar-refractivity contribution < 1.29 is 19.1 Å². The summed E-state index contributed by atoms with van der Waals surface area (Å²) in [4.78, 5) is 29.0. The highest BCUT2D eigenvalue weighted by Crippen LogP contribution is 2.38. The largest absolute Gasteiger partial charge is 0.489 e. The Labute approximate surface area is 205 Å². The lowest BCUT2D eigenvalue weighted by Gasteiger charge is -2.36. The van der Waals surface area contributed by atoms with Crippen LogP contribution in [0.1, 0.15) is 54.9 Å². The first-order valence-electron chi connectivity index (χ1n) is 12.2. The Morgan fingerprint density at radius 2 is 1.88 bits per heavy atom. The van der Waals surface area contributed by atoms with E-state index in [9.17, 15) is 9.59 Å². The average molecular weight is 483 g/mol. The van der Waals surface area contributed by atoms with E-state index in [0.717, 1.165) is 24.1 Å². The molecule has 0 unspecified atom stereocenters. The van der Waals surface area contributed by atoms with Crippen molar-refractivity contribution >= 4 is 29.0 Å². The van der Waals surface area contributed by atoms with Crippen molar-refractivity contribution in [3.05, 3.63) is 52.5 Å². The van der Waals surface area contributed by atoms with E-state index in [1.807, 2.05) is 31.2 Å². The summed E-state index contributed by atoms with van der Waals surface area (Å²) >= 11 is 6.61. The Balaban J connectivity index is 1.26. The molecule has 2 fully saturated rings. The molecule has 34 heavy (non-hydrogen) atoms. The summed E-state index contributed by atoms with van der Waals surface area (Å²) in [7, 11) is 2.22. The number of fused-ring (bicyclic) bond motifs is 3. The SMILES string of the molecule is CCC(=O)COc1ccc2c(c1)CCN(c1ccc(O[C@H]3C[C@H]4CC[C@@H](C3)N4C)c(Cl)c1)C2=O. The fourth-order valence-corrected chi connectivity index (χ4v) is 5.68. The average Bonchev–Trinajstić information content (AvgIpc) is 3.04. The van der Waals surface area contributed by atoms with E-state index in [2.05, 4.69) is 11.9 Å². The summed E-state index contributed by atoms with van der Waals surface area (Å²) < 4.78 is 11.9. The predicted octanol–water partition coefficient (Wildman–Crippen LogP) is 4.90. The summed E-state index contributed by atoms with van der Waals surface area (Å²) in [5, 5.41) is 0.534. The standard InChI is InChI=1S/C27H31ClN2O4/c1-3-21(31)16-33-22-7-8-24-17(12-22)10-11-30(27(24)32)20-6-9-26(25(28)15-20)34-23-13-18-4-5-19(14-23)29(18)2/h6-9,12,15,18-19,23H,3-5,10-11,13-14,16H2,1-2H3/t18-,19+,23+. The van der Waals surface area contributed by atoms with Crippen molar-refractivity contribution in [2.24, 2.45) is 0 Å². The van der Waals surface area contributed by atoms with Gasteiger partial charge >= 0.3 is 0 Å². The molecule has 3 atom stereocenters. The van der Waals surface area contributed by atoms with Gasteiger partial charge in [0.1, 0.15) is 24.2 Å².